The number of nitrogen functional groups attached to an aromatic ring is 1. The molecule has 2 aromatic rings. The molecule has 1 heterocycles. The molecule has 1 amide bonds. The number of halogens is 1. The monoisotopic (exact) mass is 308 g/mol. The third kappa shape index (κ3) is 3.74. The molecule has 106 valence electrons. The lowest BCUT2D eigenvalue weighted by Gasteiger charge is -2.17. The van der Waals surface area contributed by atoms with E-state index < -0.39 is 0 Å². The minimum Gasteiger partial charge on any atom is -0.399 e. The maximum Gasteiger partial charge on any atom is 0.251 e. The lowest BCUT2D eigenvalue weighted by molar-refractivity contribution is 0.0935. The number of amides is 1. The van der Waals surface area contributed by atoms with Crippen LogP contribution in [0.1, 0.15) is 41.0 Å². The summed E-state index contributed by atoms with van der Waals surface area (Å²) in [6, 6.07) is 8.96. The van der Waals surface area contributed by atoms with E-state index in [9.17, 15) is 4.79 Å². The van der Waals surface area contributed by atoms with Crippen LogP contribution >= 0.6 is 22.9 Å². The summed E-state index contributed by atoms with van der Waals surface area (Å²) in [4.78, 5) is 13.5. The quantitative estimate of drug-likeness (QED) is 0.811. The van der Waals surface area contributed by atoms with Gasteiger partial charge >= 0.3 is 0 Å². The van der Waals surface area contributed by atoms with Crippen molar-refractivity contribution < 1.29 is 4.79 Å². The Bertz CT molecular complexity index is 563. The molecule has 2 rings (SSSR count). The Balaban J connectivity index is 2.16. The molecule has 0 saturated heterocycles. The van der Waals surface area contributed by atoms with Gasteiger partial charge in [0.2, 0.25) is 0 Å². The normalized spacial score (nSPS) is 12.1. The van der Waals surface area contributed by atoms with Crippen LogP contribution in [0.3, 0.4) is 0 Å². The first-order chi connectivity index (χ1) is 9.60. The van der Waals surface area contributed by atoms with Crippen LogP contribution in [0.15, 0.2) is 35.7 Å². The lowest BCUT2D eigenvalue weighted by Crippen LogP contribution is -2.28. The van der Waals surface area contributed by atoms with E-state index in [2.05, 4.69) is 12.2 Å². The highest BCUT2D eigenvalue weighted by Gasteiger charge is 2.16. The first kappa shape index (κ1) is 14.9. The standard InChI is InChI=1S/C15H17ClN2OS/c1-2-4-13(14-5-3-6-20-14)18-15(19)10-7-11(16)9-12(17)8-10/h3,5-9,13H,2,4,17H2,1H3,(H,18,19). The molecule has 0 radical (unpaired) electrons. The molecule has 3 nitrogen and oxygen atoms in total. The van der Waals surface area contributed by atoms with Gasteiger partial charge in [0.25, 0.3) is 5.91 Å². The molecule has 5 heteroatoms. The fourth-order valence-corrected chi connectivity index (χ4v) is 3.10. The van der Waals surface area contributed by atoms with Crippen LogP contribution in [0.4, 0.5) is 5.69 Å². The fraction of sp³-hybridized carbons (Fsp3) is 0.267. The Hall–Kier alpha value is -1.52. The van der Waals surface area contributed by atoms with Gasteiger partial charge in [0.1, 0.15) is 0 Å². The van der Waals surface area contributed by atoms with Gasteiger partial charge in [-0.25, -0.2) is 0 Å². The molecule has 1 unspecified atom stereocenters. The molecular formula is C15H17ClN2OS. The summed E-state index contributed by atoms with van der Waals surface area (Å²) in [6.45, 7) is 2.10. The Kier molecular flexibility index (Phi) is 5.04. The SMILES string of the molecule is CCCC(NC(=O)c1cc(N)cc(Cl)c1)c1cccs1. The van der Waals surface area contributed by atoms with Crippen molar-refractivity contribution in [1.29, 1.82) is 0 Å². The number of carbonyl (C=O) groups excluding carboxylic acids is 1. The highest BCUT2D eigenvalue weighted by molar-refractivity contribution is 7.10. The van der Waals surface area contributed by atoms with Gasteiger partial charge in [-0.2, -0.15) is 0 Å². The van der Waals surface area contributed by atoms with E-state index in [1.807, 2.05) is 17.5 Å². The van der Waals surface area contributed by atoms with Crippen LogP contribution in [0.2, 0.25) is 5.02 Å². The largest absolute Gasteiger partial charge is 0.399 e. The van der Waals surface area contributed by atoms with Gasteiger partial charge in [-0.15, -0.1) is 11.3 Å². The molecule has 0 aliphatic carbocycles. The van der Waals surface area contributed by atoms with Crippen LogP contribution in [-0.2, 0) is 0 Å². The van der Waals surface area contributed by atoms with Gasteiger partial charge < -0.3 is 11.1 Å². The third-order valence-electron chi connectivity index (χ3n) is 2.95. The number of benzene rings is 1. The summed E-state index contributed by atoms with van der Waals surface area (Å²) in [5, 5.41) is 5.53. The van der Waals surface area contributed by atoms with Crippen LogP contribution < -0.4 is 11.1 Å². The minimum absolute atomic E-state index is 0.0349. The van der Waals surface area contributed by atoms with Crippen molar-refractivity contribution in [2.45, 2.75) is 25.8 Å². The average molecular weight is 309 g/mol. The number of nitrogens with two attached hydrogens (primary N) is 1. The van der Waals surface area contributed by atoms with E-state index in [1.165, 1.54) is 0 Å². The molecule has 0 bridgehead atoms. The van der Waals surface area contributed by atoms with Crippen molar-refractivity contribution >= 4 is 34.5 Å². The highest BCUT2D eigenvalue weighted by atomic mass is 35.5. The van der Waals surface area contributed by atoms with Gasteiger partial charge in [-0.05, 0) is 36.1 Å². The van der Waals surface area contributed by atoms with Gasteiger partial charge in [-0.3, -0.25) is 4.79 Å². The molecule has 1 atom stereocenters. The Morgan fingerprint density at radius 1 is 1.45 bits per heavy atom. The van der Waals surface area contributed by atoms with E-state index in [1.54, 1.807) is 29.5 Å². The summed E-state index contributed by atoms with van der Waals surface area (Å²) in [5.74, 6) is -0.147. The van der Waals surface area contributed by atoms with Gasteiger partial charge in [0.15, 0.2) is 0 Å². The molecular weight excluding hydrogens is 292 g/mol. The Morgan fingerprint density at radius 2 is 2.25 bits per heavy atom. The molecule has 0 aliphatic rings. The second-order valence-electron chi connectivity index (χ2n) is 4.60. The zero-order valence-electron chi connectivity index (χ0n) is 11.2. The average Bonchev–Trinajstić information content (AvgIpc) is 2.90. The van der Waals surface area contributed by atoms with Gasteiger partial charge in [-0.1, -0.05) is 31.0 Å². The van der Waals surface area contributed by atoms with Crippen molar-refractivity contribution in [1.82, 2.24) is 5.32 Å². The van der Waals surface area contributed by atoms with E-state index in [0.29, 0.717) is 16.3 Å². The third-order valence-corrected chi connectivity index (χ3v) is 4.16. The number of hydrogen-bond acceptors (Lipinski definition) is 3. The summed E-state index contributed by atoms with van der Waals surface area (Å²) < 4.78 is 0. The topological polar surface area (TPSA) is 55.1 Å². The number of nitrogens with one attached hydrogen (secondary N) is 1. The maximum absolute atomic E-state index is 12.3. The number of carbonyl (C=O) groups is 1. The summed E-state index contributed by atoms with van der Waals surface area (Å²) >= 11 is 7.58. The van der Waals surface area contributed by atoms with Gasteiger partial charge in [0.05, 0.1) is 6.04 Å². The van der Waals surface area contributed by atoms with Crippen LogP contribution in [0.25, 0.3) is 0 Å². The lowest BCUT2D eigenvalue weighted by atomic mass is 10.1. The van der Waals surface area contributed by atoms with E-state index in [0.717, 1.165) is 17.7 Å². The van der Waals surface area contributed by atoms with Crippen molar-refractivity contribution in [2.75, 3.05) is 5.73 Å². The van der Waals surface area contributed by atoms with Crippen molar-refractivity contribution in [3.8, 4) is 0 Å². The Labute approximate surface area is 127 Å². The maximum atomic E-state index is 12.3. The molecule has 1 aromatic carbocycles. The fourth-order valence-electron chi connectivity index (χ4n) is 2.05. The predicted molar refractivity (Wildman–Crippen MR) is 85.3 cm³/mol. The smallest absolute Gasteiger partial charge is 0.251 e. The number of thiophene rings is 1. The molecule has 20 heavy (non-hydrogen) atoms. The van der Waals surface area contributed by atoms with Crippen LogP contribution in [-0.4, -0.2) is 5.91 Å². The first-order valence-electron chi connectivity index (χ1n) is 6.50. The number of rotatable bonds is 5. The summed E-state index contributed by atoms with van der Waals surface area (Å²) in [6.07, 6.45) is 1.91. The molecule has 0 spiro atoms. The molecule has 0 fully saturated rings. The molecule has 0 saturated carbocycles. The van der Waals surface area contributed by atoms with Crippen LogP contribution in [0.5, 0.6) is 0 Å². The van der Waals surface area contributed by atoms with Crippen molar-refractivity contribution in [3.05, 3.63) is 51.2 Å². The second kappa shape index (κ2) is 6.77. The molecule has 3 N–H and O–H groups in total. The highest BCUT2D eigenvalue weighted by Crippen LogP contribution is 2.24. The Morgan fingerprint density at radius 3 is 2.85 bits per heavy atom. The summed E-state index contributed by atoms with van der Waals surface area (Å²) in [7, 11) is 0. The first-order valence-corrected chi connectivity index (χ1v) is 7.76. The van der Waals surface area contributed by atoms with Crippen LogP contribution in [0, 0.1) is 0 Å². The molecule has 1 aromatic heterocycles. The second-order valence-corrected chi connectivity index (χ2v) is 6.02. The van der Waals surface area contributed by atoms with E-state index >= 15 is 0 Å². The number of anilines is 1. The van der Waals surface area contributed by atoms with Crippen molar-refractivity contribution in [2.24, 2.45) is 0 Å². The molecule has 0 aliphatic heterocycles. The minimum atomic E-state index is -0.147. The zero-order chi connectivity index (χ0) is 14.5. The van der Waals surface area contributed by atoms with Gasteiger partial charge in [0, 0.05) is 21.2 Å². The van der Waals surface area contributed by atoms with E-state index in [4.69, 9.17) is 17.3 Å². The van der Waals surface area contributed by atoms with E-state index in [-0.39, 0.29) is 11.9 Å². The number of hydrogen-bond donors (Lipinski definition) is 2. The summed E-state index contributed by atoms with van der Waals surface area (Å²) in [5.41, 5.74) is 6.70. The zero-order valence-corrected chi connectivity index (χ0v) is 12.8. The van der Waals surface area contributed by atoms with Crippen molar-refractivity contribution in [3.63, 3.8) is 0 Å². The predicted octanol–water partition coefficient (Wildman–Crippen LogP) is 4.25.